The van der Waals surface area contributed by atoms with Gasteiger partial charge in [0.2, 0.25) is 0 Å². The molecule has 1 aromatic carbocycles. The molecule has 1 amide bonds. The van der Waals surface area contributed by atoms with E-state index in [1.54, 1.807) is 17.9 Å². The molecule has 5 nitrogen and oxygen atoms in total. The Bertz CT molecular complexity index is 733. The molecule has 0 saturated carbocycles. The highest BCUT2D eigenvalue weighted by molar-refractivity contribution is 5.92. The number of alkyl halides is 3. The third-order valence-electron chi connectivity index (χ3n) is 4.04. The molecule has 24 heavy (non-hydrogen) atoms. The van der Waals surface area contributed by atoms with Crippen LogP contribution in [0.5, 0.6) is 0 Å². The van der Waals surface area contributed by atoms with Crippen LogP contribution in [0.1, 0.15) is 21.9 Å². The minimum Gasteiger partial charge on any atom is -0.368 e. The summed E-state index contributed by atoms with van der Waals surface area (Å²) in [5.41, 5.74) is 0.292. The highest BCUT2D eigenvalue weighted by atomic mass is 19.4. The molecule has 2 aromatic rings. The lowest BCUT2D eigenvalue weighted by Gasteiger charge is -2.36. The molecule has 1 aliphatic heterocycles. The van der Waals surface area contributed by atoms with Gasteiger partial charge in [-0.2, -0.15) is 13.2 Å². The zero-order chi connectivity index (χ0) is 17.3. The van der Waals surface area contributed by atoms with E-state index in [0.717, 1.165) is 12.1 Å². The minimum atomic E-state index is -4.35. The fourth-order valence-electron chi connectivity index (χ4n) is 2.75. The van der Waals surface area contributed by atoms with Crippen LogP contribution in [0.3, 0.4) is 0 Å². The van der Waals surface area contributed by atoms with E-state index >= 15 is 0 Å². The number of anilines is 1. The molecule has 0 bridgehead atoms. The molecular formula is C16H17F3N4O. The SMILES string of the molecule is Cc1ncc(C(=O)N2CCN(c3cccc(C(F)(F)F)c3)CC2)[nH]1. The van der Waals surface area contributed by atoms with Crippen molar-refractivity contribution in [3.8, 4) is 0 Å². The van der Waals surface area contributed by atoms with Crippen molar-refractivity contribution in [2.75, 3.05) is 31.1 Å². The van der Waals surface area contributed by atoms with Crippen LogP contribution in [0.15, 0.2) is 30.5 Å². The minimum absolute atomic E-state index is 0.140. The van der Waals surface area contributed by atoms with Gasteiger partial charge < -0.3 is 14.8 Å². The molecule has 1 aliphatic rings. The molecule has 0 spiro atoms. The van der Waals surface area contributed by atoms with Crippen LogP contribution in [0.4, 0.5) is 18.9 Å². The molecule has 1 fully saturated rings. The van der Waals surface area contributed by atoms with Gasteiger partial charge in [0, 0.05) is 31.9 Å². The van der Waals surface area contributed by atoms with Crippen molar-refractivity contribution in [2.24, 2.45) is 0 Å². The number of rotatable bonds is 2. The standard InChI is InChI=1S/C16H17F3N4O/c1-11-20-10-14(21-11)15(24)23-7-5-22(6-8-23)13-4-2-3-12(9-13)16(17,18)19/h2-4,9-10H,5-8H2,1H3,(H,20,21). The number of aromatic nitrogens is 2. The maximum absolute atomic E-state index is 12.8. The summed E-state index contributed by atoms with van der Waals surface area (Å²) in [7, 11) is 0. The van der Waals surface area contributed by atoms with Crippen molar-refractivity contribution in [3.05, 3.63) is 47.5 Å². The van der Waals surface area contributed by atoms with Gasteiger partial charge in [0.15, 0.2) is 0 Å². The Kier molecular flexibility index (Phi) is 4.21. The van der Waals surface area contributed by atoms with Crippen molar-refractivity contribution < 1.29 is 18.0 Å². The average molecular weight is 338 g/mol. The topological polar surface area (TPSA) is 52.2 Å². The van der Waals surface area contributed by atoms with Crippen LogP contribution in [0, 0.1) is 6.92 Å². The molecule has 1 N–H and O–H groups in total. The van der Waals surface area contributed by atoms with E-state index in [9.17, 15) is 18.0 Å². The summed E-state index contributed by atoms with van der Waals surface area (Å²) in [4.78, 5) is 22.8. The molecule has 128 valence electrons. The fourth-order valence-corrected chi connectivity index (χ4v) is 2.75. The molecule has 1 aromatic heterocycles. The van der Waals surface area contributed by atoms with Gasteiger partial charge in [0.05, 0.1) is 11.8 Å². The monoisotopic (exact) mass is 338 g/mol. The lowest BCUT2D eigenvalue weighted by molar-refractivity contribution is -0.137. The van der Waals surface area contributed by atoms with Crippen LogP contribution in [0.2, 0.25) is 0 Å². The summed E-state index contributed by atoms with van der Waals surface area (Å²) in [6.45, 7) is 3.64. The first-order valence-corrected chi connectivity index (χ1v) is 7.58. The highest BCUT2D eigenvalue weighted by Gasteiger charge is 2.31. The molecule has 8 heteroatoms. The lowest BCUT2D eigenvalue weighted by atomic mass is 10.1. The van der Waals surface area contributed by atoms with Gasteiger partial charge >= 0.3 is 6.18 Å². The Morgan fingerprint density at radius 1 is 1.21 bits per heavy atom. The van der Waals surface area contributed by atoms with Crippen LogP contribution < -0.4 is 4.90 Å². The predicted molar refractivity (Wildman–Crippen MR) is 82.9 cm³/mol. The summed E-state index contributed by atoms with van der Waals surface area (Å²) < 4.78 is 38.4. The molecular weight excluding hydrogens is 321 g/mol. The lowest BCUT2D eigenvalue weighted by Crippen LogP contribution is -2.49. The van der Waals surface area contributed by atoms with Crippen LogP contribution in [-0.2, 0) is 6.18 Å². The third kappa shape index (κ3) is 3.37. The first-order chi connectivity index (χ1) is 11.3. The number of aryl methyl sites for hydroxylation is 1. The summed E-state index contributed by atoms with van der Waals surface area (Å²) in [5, 5.41) is 0. The Morgan fingerprint density at radius 2 is 1.92 bits per heavy atom. The maximum atomic E-state index is 12.8. The summed E-state index contributed by atoms with van der Waals surface area (Å²) in [6, 6.07) is 5.27. The number of H-pyrrole nitrogens is 1. The average Bonchev–Trinajstić information content (AvgIpc) is 3.00. The number of carbonyl (C=O) groups is 1. The normalized spacial score (nSPS) is 15.7. The number of hydrogen-bond donors (Lipinski definition) is 1. The zero-order valence-corrected chi connectivity index (χ0v) is 13.1. The molecule has 3 rings (SSSR count). The van der Waals surface area contributed by atoms with Crippen LogP contribution in [0.25, 0.3) is 0 Å². The Labute approximate surface area is 137 Å². The predicted octanol–water partition coefficient (Wildman–Crippen LogP) is 2.70. The number of hydrogen-bond acceptors (Lipinski definition) is 3. The van der Waals surface area contributed by atoms with E-state index in [1.807, 2.05) is 4.90 Å². The van der Waals surface area contributed by atoms with Gasteiger partial charge in [0.1, 0.15) is 11.5 Å². The number of nitrogens with zero attached hydrogens (tertiary/aromatic N) is 3. The second-order valence-corrected chi connectivity index (χ2v) is 5.71. The largest absolute Gasteiger partial charge is 0.416 e. The first-order valence-electron chi connectivity index (χ1n) is 7.58. The Balaban J connectivity index is 1.66. The van der Waals surface area contributed by atoms with Gasteiger partial charge in [-0.3, -0.25) is 4.79 Å². The van der Waals surface area contributed by atoms with E-state index in [4.69, 9.17) is 0 Å². The van der Waals surface area contributed by atoms with E-state index < -0.39 is 11.7 Å². The fraction of sp³-hybridized carbons (Fsp3) is 0.375. The maximum Gasteiger partial charge on any atom is 0.416 e. The summed E-state index contributed by atoms with van der Waals surface area (Å²) in [5.74, 6) is 0.528. The molecule has 0 radical (unpaired) electrons. The van der Waals surface area contributed by atoms with Crippen molar-refractivity contribution in [1.82, 2.24) is 14.9 Å². The van der Waals surface area contributed by atoms with E-state index in [2.05, 4.69) is 9.97 Å². The molecule has 2 heterocycles. The number of piperazine rings is 1. The highest BCUT2D eigenvalue weighted by Crippen LogP contribution is 2.31. The number of nitrogens with one attached hydrogen (secondary N) is 1. The van der Waals surface area contributed by atoms with Gasteiger partial charge in [-0.1, -0.05) is 6.07 Å². The van der Waals surface area contributed by atoms with Crippen LogP contribution in [-0.4, -0.2) is 47.0 Å². The smallest absolute Gasteiger partial charge is 0.368 e. The molecule has 0 unspecified atom stereocenters. The number of benzene rings is 1. The number of carbonyl (C=O) groups excluding carboxylic acids is 1. The number of imidazole rings is 1. The van der Waals surface area contributed by atoms with Crippen molar-refractivity contribution in [2.45, 2.75) is 13.1 Å². The summed E-state index contributed by atoms with van der Waals surface area (Å²) >= 11 is 0. The Morgan fingerprint density at radius 3 is 2.50 bits per heavy atom. The summed E-state index contributed by atoms with van der Waals surface area (Å²) in [6.07, 6.45) is -2.86. The number of halogens is 3. The molecule has 1 saturated heterocycles. The number of amides is 1. The molecule has 0 atom stereocenters. The van der Waals surface area contributed by atoms with E-state index in [0.29, 0.717) is 43.4 Å². The Hall–Kier alpha value is -2.51. The van der Waals surface area contributed by atoms with Crippen molar-refractivity contribution >= 4 is 11.6 Å². The first kappa shape index (κ1) is 16.4. The van der Waals surface area contributed by atoms with Gasteiger partial charge in [0.25, 0.3) is 5.91 Å². The second kappa shape index (κ2) is 6.18. The van der Waals surface area contributed by atoms with Gasteiger partial charge in [-0.05, 0) is 25.1 Å². The van der Waals surface area contributed by atoms with E-state index in [1.165, 1.54) is 12.3 Å². The van der Waals surface area contributed by atoms with Crippen LogP contribution >= 0.6 is 0 Å². The van der Waals surface area contributed by atoms with Gasteiger partial charge in [-0.25, -0.2) is 4.98 Å². The van der Waals surface area contributed by atoms with Gasteiger partial charge in [-0.15, -0.1) is 0 Å². The quantitative estimate of drug-likeness (QED) is 0.916. The zero-order valence-electron chi connectivity index (χ0n) is 13.1. The van der Waals surface area contributed by atoms with Crippen molar-refractivity contribution in [3.63, 3.8) is 0 Å². The van der Waals surface area contributed by atoms with E-state index in [-0.39, 0.29) is 5.91 Å². The molecule has 0 aliphatic carbocycles. The third-order valence-corrected chi connectivity index (χ3v) is 4.04. The number of aromatic amines is 1. The van der Waals surface area contributed by atoms with Crippen molar-refractivity contribution in [1.29, 1.82) is 0 Å². The second-order valence-electron chi connectivity index (χ2n) is 5.71.